The van der Waals surface area contributed by atoms with Crippen LogP contribution >= 0.6 is 15.6 Å². The third kappa shape index (κ3) is 40.1. The molecule has 3 N–H and O–H groups in total. The van der Waals surface area contributed by atoms with Gasteiger partial charge in [-0.05, 0) is 25.7 Å². The van der Waals surface area contributed by atoms with E-state index in [9.17, 15) is 43.2 Å². The van der Waals surface area contributed by atoms with Crippen molar-refractivity contribution < 1.29 is 80.2 Å². The quantitative estimate of drug-likeness (QED) is 0.0223. The molecule has 2 unspecified atom stereocenters. The Morgan fingerprint density at radius 3 is 0.952 bits per heavy atom. The topological polar surface area (TPSA) is 237 Å². The SMILES string of the molecule is CCCCCCCCCC(=O)OC[C@H](COP(=O)(O)OC[C@@H](O)COP(=O)(O)OC[C@@H](COC(=O)CCCCCC)OC(=O)CCCCCCC)OC(=O)CCCCCCCCC. The van der Waals surface area contributed by atoms with E-state index < -0.39 is 97.5 Å². The fraction of sp³-hybridized carbons (Fsp3) is 0.909. The number of phosphoric ester groups is 2. The minimum atomic E-state index is -4.91. The molecule has 0 fully saturated rings. The van der Waals surface area contributed by atoms with Crippen molar-refractivity contribution in [3.8, 4) is 0 Å². The number of hydrogen-bond donors (Lipinski definition) is 3. The normalized spacial score (nSPS) is 14.8. The molecule has 372 valence electrons. The van der Waals surface area contributed by atoms with E-state index in [1.165, 1.54) is 6.42 Å². The molecule has 0 aliphatic heterocycles. The zero-order valence-electron chi connectivity index (χ0n) is 39.0. The van der Waals surface area contributed by atoms with E-state index in [1.54, 1.807) is 0 Å². The molecule has 17 nitrogen and oxygen atoms in total. The summed E-state index contributed by atoms with van der Waals surface area (Å²) in [7, 11) is -9.81. The number of unbranched alkanes of at least 4 members (excludes halogenated alkanes) is 19. The molecule has 0 spiro atoms. The van der Waals surface area contributed by atoms with Crippen molar-refractivity contribution in [1.29, 1.82) is 0 Å². The van der Waals surface area contributed by atoms with Gasteiger partial charge in [-0.3, -0.25) is 37.3 Å². The van der Waals surface area contributed by atoms with Gasteiger partial charge >= 0.3 is 39.5 Å². The monoisotopic (exact) mass is 947 g/mol. The minimum Gasteiger partial charge on any atom is -0.462 e. The van der Waals surface area contributed by atoms with E-state index in [4.69, 9.17) is 37.0 Å². The Hall–Kier alpha value is -1.94. The zero-order chi connectivity index (χ0) is 47.0. The van der Waals surface area contributed by atoms with Crippen LogP contribution in [0, 0.1) is 0 Å². The highest BCUT2D eigenvalue weighted by molar-refractivity contribution is 7.47. The van der Waals surface area contributed by atoms with Crippen LogP contribution in [0.15, 0.2) is 0 Å². The molecular formula is C44H84O17P2. The molecule has 5 atom stereocenters. The summed E-state index contributed by atoms with van der Waals surface area (Å²) in [5.41, 5.74) is 0. The van der Waals surface area contributed by atoms with Gasteiger partial charge in [-0.1, -0.05) is 150 Å². The van der Waals surface area contributed by atoms with Crippen molar-refractivity contribution in [3.05, 3.63) is 0 Å². The third-order valence-corrected chi connectivity index (χ3v) is 11.8. The Balaban J connectivity index is 5.12. The molecular weight excluding hydrogens is 862 g/mol. The van der Waals surface area contributed by atoms with Gasteiger partial charge in [0, 0.05) is 25.7 Å². The third-order valence-electron chi connectivity index (χ3n) is 9.85. The number of esters is 4. The van der Waals surface area contributed by atoms with Gasteiger partial charge in [-0.25, -0.2) is 9.13 Å². The van der Waals surface area contributed by atoms with Gasteiger partial charge in [-0.15, -0.1) is 0 Å². The van der Waals surface area contributed by atoms with Crippen molar-refractivity contribution in [1.82, 2.24) is 0 Å². The molecule has 0 saturated heterocycles. The maximum atomic E-state index is 12.7. The fourth-order valence-electron chi connectivity index (χ4n) is 6.10. The highest BCUT2D eigenvalue weighted by Gasteiger charge is 2.30. The molecule has 0 aliphatic rings. The number of rotatable bonds is 45. The molecule has 0 amide bonds. The van der Waals surface area contributed by atoms with Gasteiger partial charge in [0.2, 0.25) is 0 Å². The van der Waals surface area contributed by atoms with Crippen LogP contribution in [-0.4, -0.2) is 96.7 Å². The number of carbonyl (C=O) groups excluding carboxylic acids is 4. The highest BCUT2D eigenvalue weighted by Crippen LogP contribution is 2.45. The van der Waals surface area contributed by atoms with Crippen LogP contribution in [0.3, 0.4) is 0 Å². The first-order valence-corrected chi connectivity index (χ1v) is 26.8. The average molecular weight is 947 g/mol. The summed E-state index contributed by atoms with van der Waals surface area (Å²) in [6.45, 7) is 4.42. The number of aliphatic hydroxyl groups excluding tert-OH is 1. The van der Waals surface area contributed by atoms with Gasteiger partial charge < -0.3 is 33.8 Å². The van der Waals surface area contributed by atoms with E-state index in [0.29, 0.717) is 25.7 Å². The first-order chi connectivity index (χ1) is 30.2. The lowest BCUT2D eigenvalue weighted by molar-refractivity contribution is -0.161. The van der Waals surface area contributed by atoms with E-state index in [-0.39, 0.29) is 25.7 Å². The minimum absolute atomic E-state index is 0.0982. The van der Waals surface area contributed by atoms with E-state index in [0.717, 1.165) is 116 Å². The van der Waals surface area contributed by atoms with Crippen LogP contribution in [0.4, 0.5) is 0 Å². The predicted molar refractivity (Wildman–Crippen MR) is 238 cm³/mol. The summed E-state index contributed by atoms with van der Waals surface area (Å²) < 4.78 is 66.4. The summed E-state index contributed by atoms with van der Waals surface area (Å²) in [4.78, 5) is 70.4. The zero-order valence-corrected chi connectivity index (χ0v) is 40.8. The largest absolute Gasteiger partial charge is 0.472 e. The van der Waals surface area contributed by atoms with Crippen LogP contribution < -0.4 is 0 Å². The number of carbonyl (C=O) groups is 4. The van der Waals surface area contributed by atoms with Crippen LogP contribution in [0.25, 0.3) is 0 Å². The van der Waals surface area contributed by atoms with Gasteiger partial charge in [-0.2, -0.15) is 0 Å². The van der Waals surface area contributed by atoms with Gasteiger partial charge in [0.1, 0.15) is 19.3 Å². The summed E-state index contributed by atoms with van der Waals surface area (Å²) in [5.74, 6) is -2.20. The molecule has 0 radical (unpaired) electrons. The molecule has 0 saturated carbocycles. The summed E-state index contributed by atoms with van der Waals surface area (Å²) in [6, 6.07) is 0. The molecule has 0 bridgehead atoms. The first kappa shape index (κ1) is 61.1. The second kappa shape index (κ2) is 40.3. The van der Waals surface area contributed by atoms with Crippen molar-refractivity contribution in [2.24, 2.45) is 0 Å². The molecule has 0 aromatic rings. The fourth-order valence-corrected chi connectivity index (χ4v) is 7.68. The average Bonchev–Trinajstić information content (AvgIpc) is 3.25. The Bertz CT molecular complexity index is 1270. The van der Waals surface area contributed by atoms with Crippen molar-refractivity contribution in [3.63, 3.8) is 0 Å². The Labute approximate surface area is 377 Å². The van der Waals surface area contributed by atoms with E-state index in [1.807, 2.05) is 6.92 Å². The summed E-state index contributed by atoms with van der Waals surface area (Å²) in [6.07, 6.45) is 18.3. The second-order valence-corrected chi connectivity index (χ2v) is 19.0. The highest BCUT2D eigenvalue weighted by atomic mass is 31.2. The number of phosphoric acid groups is 2. The van der Waals surface area contributed by atoms with Gasteiger partial charge in [0.15, 0.2) is 12.2 Å². The smallest absolute Gasteiger partial charge is 0.462 e. The standard InChI is InChI=1S/C44H84O17P2/c1-5-9-13-17-19-22-25-29-42(47)55-35-40(61-44(49)31-27-23-20-18-14-10-6-2)37-59-63(52,53)57-33-38(45)32-56-62(50,51)58-36-39(34-54-41(46)28-24-16-12-8-4)60-43(48)30-26-21-15-11-7-3/h38-40,45H,5-37H2,1-4H3,(H,50,51)(H,52,53)/t38-,39+,40+/m0/s1. The van der Waals surface area contributed by atoms with Crippen molar-refractivity contribution in [2.75, 3.05) is 39.6 Å². The Morgan fingerprint density at radius 1 is 0.381 bits per heavy atom. The van der Waals surface area contributed by atoms with E-state index in [2.05, 4.69) is 20.8 Å². The molecule has 19 heteroatoms. The molecule has 0 heterocycles. The molecule has 0 aromatic carbocycles. The maximum absolute atomic E-state index is 12.7. The van der Waals surface area contributed by atoms with Gasteiger partial charge in [0.25, 0.3) is 0 Å². The molecule has 0 aliphatic carbocycles. The van der Waals surface area contributed by atoms with Crippen molar-refractivity contribution >= 4 is 39.5 Å². The van der Waals surface area contributed by atoms with Crippen LogP contribution in [0.2, 0.25) is 0 Å². The van der Waals surface area contributed by atoms with E-state index >= 15 is 0 Å². The van der Waals surface area contributed by atoms with Crippen molar-refractivity contribution in [2.45, 2.75) is 219 Å². The summed E-state index contributed by atoms with van der Waals surface area (Å²) in [5, 5.41) is 10.3. The van der Waals surface area contributed by atoms with Crippen LogP contribution in [-0.2, 0) is 65.4 Å². The predicted octanol–water partition coefficient (Wildman–Crippen LogP) is 10.1. The number of ether oxygens (including phenoxy) is 4. The molecule has 0 aromatic heterocycles. The lowest BCUT2D eigenvalue weighted by atomic mass is 10.1. The Kier molecular flexibility index (Phi) is 39.1. The molecule has 0 rings (SSSR count). The van der Waals surface area contributed by atoms with Crippen LogP contribution in [0.1, 0.15) is 201 Å². The second-order valence-electron chi connectivity index (χ2n) is 16.1. The number of aliphatic hydroxyl groups is 1. The molecule has 63 heavy (non-hydrogen) atoms. The summed E-state index contributed by atoms with van der Waals surface area (Å²) >= 11 is 0. The van der Waals surface area contributed by atoms with Gasteiger partial charge in [0.05, 0.1) is 26.4 Å². The maximum Gasteiger partial charge on any atom is 0.472 e. The lowest BCUT2D eigenvalue weighted by Crippen LogP contribution is -2.30. The number of hydrogen-bond acceptors (Lipinski definition) is 15. The Morgan fingerprint density at radius 2 is 0.635 bits per heavy atom. The first-order valence-electron chi connectivity index (χ1n) is 23.8. The lowest BCUT2D eigenvalue weighted by Gasteiger charge is -2.21. The van der Waals surface area contributed by atoms with Crippen LogP contribution in [0.5, 0.6) is 0 Å².